The van der Waals surface area contributed by atoms with Gasteiger partial charge in [-0.15, -0.1) is 0 Å². The van der Waals surface area contributed by atoms with Crippen LogP contribution in [0.25, 0.3) is 0 Å². The predicted molar refractivity (Wildman–Crippen MR) is 69.3 cm³/mol. The molecular weight excluding hydrogens is 285 g/mol. The van der Waals surface area contributed by atoms with Gasteiger partial charge in [0.25, 0.3) is 0 Å². The maximum absolute atomic E-state index is 13.2. The van der Waals surface area contributed by atoms with Crippen molar-refractivity contribution in [2.75, 3.05) is 13.2 Å². The zero-order valence-corrected chi connectivity index (χ0v) is 11.2. The number of hydrogen-bond donors (Lipinski definition) is 1. The largest absolute Gasteiger partial charge is 0.381 e. The van der Waals surface area contributed by atoms with Gasteiger partial charge in [-0.2, -0.15) is 0 Å². The van der Waals surface area contributed by atoms with Crippen LogP contribution in [0.4, 0.5) is 4.39 Å². The van der Waals surface area contributed by atoms with E-state index in [0.717, 1.165) is 36.1 Å². The minimum Gasteiger partial charge on any atom is -0.381 e. The minimum absolute atomic E-state index is 0.0356. The van der Waals surface area contributed by atoms with Crippen molar-refractivity contribution < 1.29 is 9.13 Å². The fourth-order valence-corrected chi connectivity index (χ4v) is 2.63. The van der Waals surface area contributed by atoms with Crippen LogP contribution in [0, 0.1) is 11.7 Å². The van der Waals surface area contributed by atoms with Gasteiger partial charge in [0.2, 0.25) is 0 Å². The number of hydrogen-bond acceptors (Lipinski definition) is 2. The van der Waals surface area contributed by atoms with E-state index >= 15 is 0 Å². The van der Waals surface area contributed by atoms with Gasteiger partial charge in [-0.1, -0.05) is 15.9 Å². The van der Waals surface area contributed by atoms with E-state index in [1.807, 2.05) is 0 Å². The first-order valence-corrected chi connectivity index (χ1v) is 6.73. The van der Waals surface area contributed by atoms with Gasteiger partial charge in [0.1, 0.15) is 5.82 Å². The molecule has 2 nitrogen and oxygen atoms in total. The summed E-state index contributed by atoms with van der Waals surface area (Å²) in [7, 11) is 0. The molecule has 1 aliphatic rings. The normalized spacial score (nSPS) is 22.4. The fraction of sp³-hybridized carbons (Fsp3) is 0.538. The number of benzene rings is 1. The molecule has 1 saturated heterocycles. The maximum atomic E-state index is 13.2. The van der Waals surface area contributed by atoms with Crippen molar-refractivity contribution in [3.63, 3.8) is 0 Å². The molecule has 4 heteroatoms. The van der Waals surface area contributed by atoms with Gasteiger partial charge in [0, 0.05) is 17.1 Å². The van der Waals surface area contributed by atoms with Crippen LogP contribution in [-0.2, 0) is 11.2 Å². The Morgan fingerprint density at radius 3 is 3.06 bits per heavy atom. The molecule has 0 bridgehead atoms. The standard InChI is InChI=1S/C13H17BrFNO/c14-12-4-3-11(15)6-10(12)7-13(16)9-2-1-5-17-8-9/h3-4,6,9,13H,1-2,5,7-8,16H2. The number of halogens is 2. The molecule has 0 radical (unpaired) electrons. The third-order valence-electron chi connectivity index (χ3n) is 3.26. The lowest BCUT2D eigenvalue weighted by atomic mass is 9.90. The molecule has 0 aromatic heterocycles. The highest BCUT2D eigenvalue weighted by Gasteiger charge is 2.22. The van der Waals surface area contributed by atoms with Gasteiger partial charge in [0.05, 0.1) is 6.61 Å². The van der Waals surface area contributed by atoms with Crippen LogP contribution >= 0.6 is 15.9 Å². The summed E-state index contributed by atoms with van der Waals surface area (Å²) in [5.41, 5.74) is 7.11. The van der Waals surface area contributed by atoms with Crippen molar-refractivity contribution in [3.05, 3.63) is 34.1 Å². The first kappa shape index (κ1) is 13.0. The molecule has 2 unspecified atom stereocenters. The molecule has 1 aliphatic heterocycles. The molecule has 1 fully saturated rings. The summed E-state index contributed by atoms with van der Waals surface area (Å²) in [5.74, 6) is 0.175. The Morgan fingerprint density at radius 2 is 2.35 bits per heavy atom. The number of nitrogens with two attached hydrogens (primary N) is 1. The predicted octanol–water partition coefficient (Wildman–Crippen LogP) is 2.88. The fourth-order valence-electron chi connectivity index (χ4n) is 2.22. The lowest BCUT2D eigenvalue weighted by Crippen LogP contribution is -2.37. The molecule has 2 N–H and O–H groups in total. The van der Waals surface area contributed by atoms with E-state index in [-0.39, 0.29) is 11.9 Å². The topological polar surface area (TPSA) is 35.2 Å². The smallest absolute Gasteiger partial charge is 0.123 e. The van der Waals surface area contributed by atoms with E-state index in [1.165, 1.54) is 6.07 Å². The molecular formula is C13H17BrFNO. The summed E-state index contributed by atoms with van der Waals surface area (Å²) in [6.45, 7) is 1.57. The molecule has 0 saturated carbocycles. The van der Waals surface area contributed by atoms with Crippen LogP contribution in [-0.4, -0.2) is 19.3 Å². The molecule has 0 spiro atoms. The van der Waals surface area contributed by atoms with E-state index < -0.39 is 0 Å². The molecule has 0 amide bonds. The summed E-state index contributed by atoms with van der Waals surface area (Å²) in [6.07, 6.45) is 2.86. The molecule has 2 rings (SSSR count). The number of rotatable bonds is 3. The molecule has 1 heterocycles. The van der Waals surface area contributed by atoms with Crippen molar-refractivity contribution in [1.29, 1.82) is 0 Å². The monoisotopic (exact) mass is 301 g/mol. The Hall–Kier alpha value is -0.450. The Labute approximate surface area is 109 Å². The molecule has 2 atom stereocenters. The van der Waals surface area contributed by atoms with Crippen LogP contribution in [0.1, 0.15) is 18.4 Å². The first-order chi connectivity index (χ1) is 8.16. The second-order valence-electron chi connectivity index (χ2n) is 4.58. The maximum Gasteiger partial charge on any atom is 0.123 e. The van der Waals surface area contributed by atoms with Gasteiger partial charge in [-0.05, 0) is 48.9 Å². The van der Waals surface area contributed by atoms with Crippen molar-refractivity contribution in [2.45, 2.75) is 25.3 Å². The summed E-state index contributed by atoms with van der Waals surface area (Å²) in [4.78, 5) is 0. The van der Waals surface area contributed by atoms with Crippen LogP contribution < -0.4 is 5.73 Å². The Morgan fingerprint density at radius 1 is 1.53 bits per heavy atom. The van der Waals surface area contributed by atoms with Crippen molar-refractivity contribution in [3.8, 4) is 0 Å². The summed E-state index contributed by atoms with van der Waals surface area (Å²) in [6, 6.07) is 4.76. The number of ether oxygens (including phenoxy) is 1. The minimum atomic E-state index is -0.213. The van der Waals surface area contributed by atoms with E-state index in [4.69, 9.17) is 10.5 Å². The Balaban J connectivity index is 2.01. The lowest BCUT2D eigenvalue weighted by molar-refractivity contribution is 0.0450. The first-order valence-electron chi connectivity index (χ1n) is 5.94. The van der Waals surface area contributed by atoms with Crippen LogP contribution in [0.15, 0.2) is 22.7 Å². The summed E-state index contributed by atoms with van der Waals surface area (Å²) in [5, 5.41) is 0. The second-order valence-corrected chi connectivity index (χ2v) is 5.44. The summed E-state index contributed by atoms with van der Waals surface area (Å²) < 4.78 is 19.5. The van der Waals surface area contributed by atoms with Crippen molar-refractivity contribution >= 4 is 15.9 Å². The van der Waals surface area contributed by atoms with Crippen LogP contribution in [0.2, 0.25) is 0 Å². The molecule has 1 aromatic rings. The molecule has 94 valence electrons. The van der Waals surface area contributed by atoms with Crippen LogP contribution in [0.3, 0.4) is 0 Å². The average molecular weight is 302 g/mol. The highest BCUT2D eigenvalue weighted by molar-refractivity contribution is 9.10. The van der Waals surface area contributed by atoms with Crippen molar-refractivity contribution in [1.82, 2.24) is 0 Å². The van der Waals surface area contributed by atoms with Gasteiger partial charge in [-0.25, -0.2) is 4.39 Å². The highest BCUT2D eigenvalue weighted by atomic mass is 79.9. The zero-order valence-electron chi connectivity index (χ0n) is 9.66. The van der Waals surface area contributed by atoms with E-state index in [9.17, 15) is 4.39 Å². The van der Waals surface area contributed by atoms with E-state index in [1.54, 1.807) is 12.1 Å². The molecule has 0 aliphatic carbocycles. The highest BCUT2D eigenvalue weighted by Crippen LogP contribution is 2.23. The van der Waals surface area contributed by atoms with Gasteiger partial charge in [0.15, 0.2) is 0 Å². The van der Waals surface area contributed by atoms with Gasteiger partial charge in [-0.3, -0.25) is 0 Å². The summed E-state index contributed by atoms with van der Waals surface area (Å²) >= 11 is 3.43. The quantitative estimate of drug-likeness (QED) is 0.932. The Bertz CT molecular complexity index is 380. The lowest BCUT2D eigenvalue weighted by Gasteiger charge is -2.27. The van der Waals surface area contributed by atoms with Gasteiger partial charge >= 0.3 is 0 Å². The van der Waals surface area contributed by atoms with E-state index in [2.05, 4.69) is 15.9 Å². The van der Waals surface area contributed by atoms with Crippen LogP contribution in [0.5, 0.6) is 0 Å². The molecule has 17 heavy (non-hydrogen) atoms. The zero-order chi connectivity index (χ0) is 12.3. The second kappa shape index (κ2) is 5.94. The van der Waals surface area contributed by atoms with Crippen molar-refractivity contribution in [2.24, 2.45) is 11.7 Å². The molecule has 1 aromatic carbocycles. The third-order valence-corrected chi connectivity index (χ3v) is 4.04. The van der Waals surface area contributed by atoms with Gasteiger partial charge < -0.3 is 10.5 Å². The van der Waals surface area contributed by atoms with E-state index in [0.29, 0.717) is 12.3 Å². The SMILES string of the molecule is NC(Cc1cc(F)ccc1Br)C1CCCOC1. The Kier molecular flexibility index (Phi) is 4.54. The average Bonchev–Trinajstić information content (AvgIpc) is 2.35. The third kappa shape index (κ3) is 3.50.